The first-order valence-electron chi connectivity index (χ1n) is 9.12. The number of hydrogen-bond acceptors (Lipinski definition) is 4. The lowest BCUT2D eigenvalue weighted by molar-refractivity contribution is -0.148. The molecule has 6 nitrogen and oxygen atoms in total. The number of nitrogens with one attached hydrogen (secondary N) is 1. The highest BCUT2D eigenvalue weighted by Crippen LogP contribution is 2.23. The Hall–Kier alpha value is -2.57. The molecule has 7 heteroatoms. The molecule has 0 aliphatic carbocycles. The number of methoxy groups -OCH3 is 1. The van der Waals surface area contributed by atoms with Crippen molar-refractivity contribution in [1.29, 1.82) is 0 Å². The van der Waals surface area contributed by atoms with Gasteiger partial charge in [-0.25, -0.2) is 0 Å². The van der Waals surface area contributed by atoms with Gasteiger partial charge in [-0.3, -0.25) is 9.59 Å². The summed E-state index contributed by atoms with van der Waals surface area (Å²) >= 11 is 5.93. The first-order valence-corrected chi connectivity index (χ1v) is 9.49. The Morgan fingerprint density at radius 1 is 1.29 bits per heavy atom. The minimum atomic E-state index is -0.273. The van der Waals surface area contributed by atoms with Gasteiger partial charge in [0.1, 0.15) is 12.4 Å². The summed E-state index contributed by atoms with van der Waals surface area (Å²) in [5.74, 6) is 0.108. The van der Waals surface area contributed by atoms with Crippen LogP contribution >= 0.6 is 11.6 Å². The maximum Gasteiger partial charge on any atom is 0.255 e. The number of nitrogens with zero attached hydrogens (tertiary/aromatic N) is 1. The van der Waals surface area contributed by atoms with E-state index >= 15 is 0 Å². The molecular weight excluding hydrogens is 380 g/mol. The van der Waals surface area contributed by atoms with Gasteiger partial charge in [-0.15, -0.1) is 0 Å². The number of hydrogen-bond donors (Lipinski definition) is 1. The second-order valence-electron chi connectivity index (χ2n) is 6.56. The maximum atomic E-state index is 12.5. The molecule has 2 aromatic carbocycles. The van der Waals surface area contributed by atoms with Gasteiger partial charge in [-0.1, -0.05) is 41.9 Å². The quantitative estimate of drug-likeness (QED) is 0.772. The van der Waals surface area contributed by atoms with Gasteiger partial charge in [-0.05, 0) is 30.2 Å². The Kier molecular flexibility index (Phi) is 6.90. The van der Waals surface area contributed by atoms with E-state index in [0.29, 0.717) is 36.0 Å². The van der Waals surface area contributed by atoms with E-state index in [1.807, 2.05) is 30.3 Å². The first kappa shape index (κ1) is 20.2. The zero-order valence-corrected chi connectivity index (χ0v) is 16.4. The number of carbonyl (C=O) groups excluding carboxylic acids is 2. The average molecular weight is 403 g/mol. The molecule has 0 spiro atoms. The van der Waals surface area contributed by atoms with Crippen LogP contribution in [0, 0.1) is 0 Å². The van der Waals surface area contributed by atoms with Crippen LogP contribution in [0.15, 0.2) is 48.5 Å². The number of amides is 2. The summed E-state index contributed by atoms with van der Waals surface area (Å²) in [4.78, 5) is 26.4. The van der Waals surface area contributed by atoms with Gasteiger partial charge in [0, 0.05) is 24.7 Å². The largest absolute Gasteiger partial charge is 0.496 e. The van der Waals surface area contributed by atoms with Crippen LogP contribution in [0.2, 0.25) is 5.02 Å². The molecule has 1 fully saturated rings. The zero-order chi connectivity index (χ0) is 19.9. The Morgan fingerprint density at radius 2 is 2.07 bits per heavy atom. The molecule has 0 aromatic heterocycles. The van der Waals surface area contributed by atoms with E-state index < -0.39 is 0 Å². The number of morpholine rings is 1. The van der Waals surface area contributed by atoms with Crippen molar-refractivity contribution in [3.05, 3.63) is 64.7 Å². The van der Waals surface area contributed by atoms with Crippen LogP contribution in [0.25, 0.3) is 0 Å². The topological polar surface area (TPSA) is 67.9 Å². The van der Waals surface area contributed by atoms with Gasteiger partial charge in [0.05, 0.1) is 18.8 Å². The molecule has 1 aliphatic heterocycles. The summed E-state index contributed by atoms with van der Waals surface area (Å²) in [6, 6.07) is 14.9. The molecule has 2 aromatic rings. The molecule has 1 aliphatic rings. The molecule has 1 heterocycles. The molecule has 1 unspecified atom stereocenters. The van der Waals surface area contributed by atoms with Crippen molar-refractivity contribution < 1.29 is 19.1 Å². The summed E-state index contributed by atoms with van der Waals surface area (Å²) in [5, 5.41) is 3.34. The predicted octanol–water partition coefficient (Wildman–Crippen LogP) is 2.55. The second-order valence-corrected chi connectivity index (χ2v) is 7.00. The fourth-order valence-electron chi connectivity index (χ4n) is 3.08. The minimum Gasteiger partial charge on any atom is -0.496 e. The van der Waals surface area contributed by atoms with Crippen LogP contribution in [0.1, 0.15) is 15.9 Å². The summed E-state index contributed by atoms with van der Waals surface area (Å²) in [6.07, 6.45) is 0.531. The van der Waals surface area contributed by atoms with Crippen molar-refractivity contribution in [3.8, 4) is 5.75 Å². The van der Waals surface area contributed by atoms with Gasteiger partial charge < -0.3 is 19.7 Å². The Bertz CT molecular complexity index is 828. The Morgan fingerprint density at radius 3 is 2.82 bits per heavy atom. The lowest BCUT2D eigenvalue weighted by Gasteiger charge is -2.33. The summed E-state index contributed by atoms with van der Waals surface area (Å²) in [5.41, 5.74) is 1.58. The molecule has 0 bridgehead atoms. The second kappa shape index (κ2) is 9.57. The molecule has 1 atom stereocenters. The number of benzene rings is 2. The fraction of sp³-hybridized carbons (Fsp3) is 0.333. The Balaban J connectivity index is 1.53. The summed E-state index contributed by atoms with van der Waals surface area (Å²) < 4.78 is 10.8. The highest BCUT2D eigenvalue weighted by Gasteiger charge is 2.26. The molecular formula is C21H23ClN2O4. The molecule has 148 valence electrons. The van der Waals surface area contributed by atoms with Crippen LogP contribution in [0.5, 0.6) is 5.75 Å². The van der Waals surface area contributed by atoms with E-state index in [-0.39, 0.29) is 24.5 Å². The van der Waals surface area contributed by atoms with E-state index in [0.717, 1.165) is 6.42 Å². The van der Waals surface area contributed by atoms with Crippen molar-refractivity contribution in [2.75, 3.05) is 33.4 Å². The molecule has 3 rings (SSSR count). The van der Waals surface area contributed by atoms with Gasteiger partial charge >= 0.3 is 0 Å². The highest BCUT2D eigenvalue weighted by atomic mass is 35.5. The van der Waals surface area contributed by atoms with Gasteiger partial charge in [0.25, 0.3) is 5.91 Å². The lowest BCUT2D eigenvalue weighted by Crippen LogP contribution is -2.51. The third-order valence-corrected chi connectivity index (χ3v) is 4.87. The van der Waals surface area contributed by atoms with Crippen molar-refractivity contribution >= 4 is 23.4 Å². The minimum absolute atomic E-state index is 0.0274. The molecule has 28 heavy (non-hydrogen) atoms. The average Bonchev–Trinajstić information content (AvgIpc) is 2.72. The third kappa shape index (κ3) is 5.24. The molecule has 0 saturated carbocycles. The van der Waals surface area contributed by atoms with Gasteiger partial charge in [0.15, 0.2) is 0 Å². The number of rotatable bonds is 7. The van der Waals surface area contributed by atoms with E-state index in [2.05, 4.69) is 5.32 Å². The standard InChI is InChI=1S/C21H23ClN2O4/c1-27-19-11-16(22)7-8-18(19)21(26)23-12-17-13-24(20(25)14-28-17)10-9-15-5-3-2-4-6-15/h2-8,11,17H,9-10,12-14H2,1H3,(H,23,26). The normalized spacial score (nSPS) is 16.7. The fourth-order valence-corrected chi connectivity index (χ4v) is 3.25. The van der Waals surface area contributed by atoms with Crippen LogP contribution in [0.3, 0.4) is 0 Å². The van der Waals surface area contributed by atoms with Crippen LogP contribution in [-0.2, 0) is 16.0 Å². The van der Waals surface area contributed by atoms with Crippen molar-refractivity contribution in [2.24, 2.45) is 0 Å². The van der Waals surface area contributed by atoms with E-state index in [4.69, 9.17) is 21.1 Å². The predicted molar refractivity (Wildman–Crippen MR) is 107 cm³/mol. The van der Waals surface area contributed by atoms with Crippen molar-refractivity contribution in [2.45, 2.75) is 12.5 Å². The number of carbonyl (C=O) groups is 2. The SMILES string of the molecule is COc1cc(Cl)ccc1C(=O)NCC1CN(CCc2ccccc2)C(=O)CO1. The Labute approximate surface area is 169 Å². The van der Waals surface area contributed by atoms with Crippen LogP contribution in [-0.4, -0.2) is 56.2 Å². The zero-order valence-electron chi connectivity index (χ0n) is 15.7. The number of ether oxygens (including phenoxy) is 2. The smallest absolute Gasteiger partial charge is 0.255 e. The lowest BCUT2D eigenvalue weighted by atomic mass is 10.1. The van der Waals surface area contributed by atoms with E-state index in [1.54, 1.807) is 23.1 Å². The summed E-state index contributed by atoms with van der Waals surface area (Å²) in [6.45, 7) is 1.41. The monoisotopic (exact) mass is 402 g/mol. The molecule has 1 saturated heterocycles. The van der Waals surface area contributed by atoms with Crippen LogP contribution in [0.4, 0.5) is 0 Å². The van der Waals surface area contributed by atoms with E-state index in [1.165, 1.54) is 12.7 Å². The van der Waals surface area contributed by atoms with Gasteiger partial charge in [0.2, 0.25) is 5.91 Å². The van der Waals surface area contributed by atoms with Crippen LogP contribution < -0.4 is 10.1 Å². The molecule has 1 N–H and O–H groups in total. The third-order valence-electron chi connectivity index (χ3n) is 4.63. The maximum absolute atomic E-state index is 12.5. The van der Waals surface area contributed by atoms with E-state index in [9.17, 15) is 9.59 Å². The number of halogens is 1. The molecule has 0 radical (unpaired) electrons. The van der Waals surface area contributed by atoms with Gasteiger partial charge in [-0.2, -0.15) is 0 Å². The van der Waals surface area contributed by atoms with Crippen molar-refractivity contribution in [1.82, 2.24) is 10.2 Å². The molecule has 2 amide bonds. The highest BCUT2D eigenvalue weighted by molar-refractivity contribution is 6.30. The first-order chi connectivity index (χ1) is 13.6. The summed E-state index contributed by atoms with van der Waals surface area (Å²) in [7, 11) is 1.49. The van der Waals surface area contributed by atoms with Crippen molar-refractivity contribution in [3.63, 3.8) is 0 Å².